The Bertz CT molecular complexity index is 667. The molecule has 1 fully saturated rings. The van der Waals surface area contributed by atoms with E-state index in [1.807, 2.05) is 12.2 Å². The predicted molar refractivity (Wildman–Crippen MR) is 120 cm³/mol. The highest BCUT2D eigenvalue weighted by molar-refractivity contribution is 5.45. The molecule has 0 spiro atoms. The molecular formula is C26H36O2. The third-order valence-corrected chi connectivity index (χ3v) is 6.04. The van der Waals surface area contributed by atoms with Crippen LogP contribution in [-0.2, 0) is 5.41 Å². The third kappa shape index (κ3) is 6.15. The lowest BCUT2D eigenvalue weighted by molar-refractivity contribution is 0.381. The Kier molecular flexibility index (Phi) is 9.13. The molecule has 0 unspecified atom stereocenters. The Hall–Kier alpha value is -2.22. The molecule has 28 heavy (non-hydrogen) atoms. The molecule has 1 aromatic rings. The minimum atomic E-state index is -0.146. The van der Waals surface area contributed by atoms with Gasteiger partial charge in [-0.3, -0.25) is 0 Å². The van der Waals surface area contributed by atoms with Crippen molar-refractivity contribution < 1.29 is 10.2 Å². The summed E-state index contributed by atoms with van der Waals surface area (Å²) in [6.07, 6.45) is 20.7. The van der Waals surface area contributed by atoms with Crippen LogP contribution >= 0.6 is 0 Å². The summed E-state index contributed by atoms with van der Waals surface area (Å²) in [5, 5.41) is 19.7. The average molecular weight is 381 g/mol. The van der Waals surface area contributed by atoms with Crippen molar-refractivity contribution in [2.45, 2.75) is 76.0 Å². The molecule has 0 aliphatic heterocycles. The molecule has 1 aromatic carbocycles. The molecule has 2 heteroatoms. The van der Waals surface area contributed by atoms with Crippen LogP contribution in [0.3, 0.4) is 0 Å². The van der Waals surface area contributed by atoms with Gasteiger partial charge in [0.1, 0.15) is 11.5 Å². The summed E-state index contributed by atoms with van der Waals surface area (Å²) in [6.45, 7) is 7.73. The summed E-state index contributed by atoms with van der Waals surface area (Å²) >= 11 is 0. The highest BCUT2D eigenvalue weighted by Crippen LogP contribution is 2.43. The molecule has 1 saturated carbocycles. The van der Waals surface area contributed by atoms with Crippen molar-refractivity contribution >= 4 is 0 Å². The largest absolute Gasteiger partial charge is 0.508 e. The quantitative estimate of drug-likeness (QED) is 0.406. The number of rotatable bonds is 5. The van der Waals surface area contributed by atoms with E-state index in [0.29, 0.717) is 5.75 Å². The fourth-order valence-corrected chi connectivity index (χ4v) is 4.41. The highest BCUT2D eigenvalue weighted by Gasteiger charge is 2.34. The predicted octanol–water partition coefficient (Wildman–Crippen LogP) is 7.68. The van der Waals surface area contributed by atoms with Crippen LogP contribution in [0.25, 0.3) is 0 Å². The molecule has 2 nitrogen and oxygen atoms in total. The second-order valence-corrected chi connectivity index (χ2v) is 7.93. The third-order valence-electron chi connectivity index (χ3n) is 6.04. The molecule has 0 radical (unpaired) electrons. The summed E-state index contributed by atoms with van der Waals surface area (Å²) in [7, 11) is 0. The van der Waals surface area contributed by atoms with Crippen LogP contribution in [0.2, 0.25) is 0 Å². The number of allylic oxidation sites excluding steroid dienone is 5. The van der Waals surface area contributed by atoms with Gasteiger partial charge in [0.2, 0.25) is 0 Å². The summed E-state index contributed by atoms with van der Waals surface area (Å²) in [6, 6.07) is 7.67. The Morgan fingerprint density at radius 2 is 1.25 bits per heavy atom. The van der Waals surface area contributed by atoms with Gasteiger partial charge in [0.05, 0.1) is 0 Å². The lowest BCUT2D eigenvalue weighted by Crippen LogP contribution is -2.28. The van der Waals surface area contributed by atoms with E-state index in [-0.39, 0.29) is 11.2 Å². The van der Waals surface area contributed by atoms with Crippen LogP contribution in [0.1, 0.15) is 76.2 Å². The number of aliphatic hydroxyl groups is 1. The van der Waals surface area contributed by atoms with Gasteiger partial charge < -0.3 is 10.2 Å². The van der Waals surface area contributed by atoms with Gasteiger partial charge in [0.25, 0.3) is 0 Å². The average Bonchev–Trinajstić information content (AvgIpc) is 2.70. The molecule has 0 heterocycles. The molecule has 1 aliphatic rings. The van der Waals surface area contributed by atoms with Gasteiger partial charge in [-0.1, -0.05) is 95.2 Å². The number of aromatic hydroxyl groups is 1. The van der Waals surface area contributed by atoms with Crippen LogP contribution in [-0.4, -0.2) is 10.2 Å². The monoisotopic (exact) mass is 380 g/mol. The molecule has 2 rings (SSSR count). The normalized spacial score (nSPS) is 19.9. The second-order valence-electron chi connectivity index (χ2n) is 7.93. The molecule has 0 saturated heterocycles. The van der Waals surface area contributed by atoms with E-state index in [1.165, 1.54) is 69.4 Å². The lowest BCUT2D eigenvalue weighted by Gasteiger charge is -2.37. The minimum absolute atomic E-state index is 0.146. The summed E-state index contributed by atoms with van der Waals surface area (Å²) in [5.41, 5.74) is 2.20. The van der Waals surface area contributed by atoms with Crippen molar-refractivity contribution in [3.8, 4) is 5.75 Å². The Labute approximate surface area is 171 Å². The van der Waals surface area contributed by atoms with Gasteiger partial charge >= 0.3 is 0 Å². The van der Waals surface area contributed by atoms with E-state index in [9.17, 15) is 10.2 Å². The maximum atomic E-state index is 9.87. The van der Waals surface area contributed by atoms with Crippen LogP contribution in [0, 0.1) is 0 Å². The summed E-state index contributed by atoms with van der Waals surface area (Å²) in [5.74, 6) is 0.453. The van der Waals surface area contributed by atoms with Crippen molar-refractivity contribution in [3.05, 3.63) is 78.6 Å². The maximum Gasteiger partial charge on any atom is 0.115 e. The first-order chi connectivity index (χ1) is 13.6. The zero-order chi connectivity index (χ0) is 20.2. The maximum absolute atomic E-state index is 9.87. The summed E-state index contributed by atoms with van der Waals surface area (Å²) < 4.78 is 0. The van der Waals surface area contributed by atoms with Gasteiger partial charge in [-0.05, 0) is 48.3 Å². The van der Waals surface area contributed by atoms with E-state index in [4.69, 9.17) is 0 Å². The lowest BCUT2D eigenvalue weighted by atomic mass is 9.67. The van der Waals surface area contributed by atoms with Gasteiger partial charge in [-0.2, -0.15) is 0 Å². The van der Waals surface area contributed by atoms with E-state index >= 15 is 0 Å². The van der Waals surface area contributed by atoms with E-state index in [1.54, 1.807) is 18.2 Å². The fraction of sp³-hybridized carbons (Fsp3) is 0.462. The zero-order valence-corrected chi connectivity index (χ0v) is 17.2. The highest BCUT2D eigenvalue weighted by atomic mass is 16.3. The molecule has 0 atom stereocenters. The number of benzene rings is 1. The fourth-order valence-electron chi connectivity index (χ4n) is 4.41. The van der Waals surface area contributed by atoms with Crippen LogP contribution in [0.5, 0.6) is 5.75 Å². The minimum Gasteiger partial charge on any atom is -0.508 e. The smallest absolute Gasteiger partial charge is 0.115 e. The molecule has 0 amide bonds. The molecule has 0 bridgehead atoms. The number of phenolic OH excluding ortho intramolecular Hbond substituents is 1. The molecule has 0 aromatic heterocycles. The zero-order valence-electron chi connectivity index (χ0n) is 17.2. The second kappa shape index (κ2) is 11.6. The Morgan fingerprint density at radius 3 is 1.71 bits per heavy atom. The van der Waals surface area contributed by atoms with Crippen molar-refractivity contribution in [3.63, 3.8) is 0 Å². The van der Waals surface area contributed by atoms with Crippen molar-refractivity contribution in [2.24, 2.45) is 0 Å². The van der Waals surface area contributed by atoms with Gasteiger partial charge in [-0.15, -0.1) is 0 Å². The van der Waals surface area contributed by atoms with Crippen LogP contribution < -0.4 is 0 Å². The van der Waals surface area contributed by atoms with Crippen molar-refractivity contribution in [1.29, 1.82) is 0 Å². The van der Waals surface area contributed by atoms with Crippen LogP contribution in [0.15, 0.2) is 73.1 Å². The van der Waals surface area contributed by atoms with E-state index in [0.717, 1.165) is 18.4 Å². The summed E-state index contributed by atoms with van der Waals surface area (Å²) in [4.78, 5) is 0. The molecule has 152 valence electrons. The topological polar surface area (TPSA) is 40.5 Å². The van der Waals surface area contributed by atoms with Gasteiger partial charge in [0, 0.05) is 5.41 Å². The standard InChI is InChI=1S/C26H36O2/c1-3-22(14-17-24(27)4-2)26(23-15-18-25(28)19-16-23)20-12-10-8-6-5-7-9-11-13-21-26/h3-4,14-19,27-28H,1-2,5-13,20-21H2/b22-14+,24-17+. The Morgan fingerprint density at radius 1 is 0.750 bits per heavy atom. The molecule has 1 aliphatic carbocycles. The first-order valence-corrected chi connectivity index (χ1v) is 10.8. The van der Waals surface area contributed by atoms with E-state index in [2.05, 4.69) is 25.3 Å². The number of hydrogen-bond acceptors (Lipinski definition) is 2. The first-order valence-electron chi connectivity index (χ1n) is 10.8. The van der Waals surface area contributed by atoms with E-state index < -0.39 is 0 Å². The van der Waals surface area contributed by atoms with Crippen LogP contribution in [0.4, 0.5) is 0 Å². The van der Waals surface area contributed by atoms with Crippen molar-refractivity contribution in [2.75, 3.05) is 0 Å². The van der Waals surface area contributed by atoms with Gasteiger partial charge in [-0.25, -0.2) is 0 Å². The molecular weight excluding hydrogens is 344 g/mol. The Balaban J connectivity index is 2.48. The first kappa shape index (κ1) is 22.1. The van der Waals surface area contributed by atoms with Gasteiger partial charge in [0.15, 0.2) is 0 Å². The SMILES string of the molecule is C=C/C(O)=C\C=C(/C=C)C1(c2ccc(O)cc2)CCCCCCCCCCC1. The van der Waals surface area contributed by atoms with Crippen molar-refractivity contribution in [1.82, 2.24) is 0 Å². The number of phenols is 1. The number of aliphatic hydroxyl groups excluding tert-OH is 1. The molecule has 2 N–H and O–H groups in total. The number of hydrogen-bond donors (Lipinski definition) is 2.